The molecule has 0 heterocycles. The first-order chi connectivity index (χ1) is 4.92. The van der Waals surface area contributed by atoms with Crippen molar-refractivity contribution >= 4 is 14.2 Å². The predicted octanol–water partition coefficient (Wildman–Crippen LogP) is 2.92. The molecule has 0 aromatic rings. The number of carbonyl (C=O) groups is 1. The topological polar surface area (TPSA) is 17.1 Å². The standard InChI is InChI=1S/C8H17FOSi/c1-8(10)6-4-5-7-11(2,3)9/h4-7H2,1-3H3. The van der Waals surface area contributed by atoms with Gasteiger partial charge < -0.3 is 8.90 Å². The maximum absolute atomic E-state index is 13.0. The molecule has 0 spiro atoms. The second-order valence-corrected chi connectivity index (χ2v) is 7.57. The van der Waals surface area contributed by atoms with Crippen LogP contribution in [0.5, 0.6) is 0 Å². The monoisotopic (exact) mass is 176 g/mol. The third-order valence-corrected chi connectivity index (χ3v) is 3.09. The fraction of sp³-hybridized carbons (Fsp3) is 0.875. The summed E-state index contributed by atoms with van der Waals surface area (Å²) in [7, 11) is -2.34. The molecule has 0 rings (SSSR count). The van der Waals surface area contributed by atoms with E-state index in [0.29, 0.717) is 12.5 Å². The lowest BCUT2D eigenvalue weighted by atomic mass is 10.2. The van der Waals surface area contributed by atoms with Gasteiger partial charge in [-0.15, -0.1) is 0 Å². The maximum Gasteiger partial charge on any atom is 0.240 e. The molecule has 0 saturated carbocycles. The van der Waals surface area contributed by atoms with Crippen molar-refractivity contribution in [3.8, 4) is 0 Å². The number of halogens is 1. The van der Waals surface area contributed by atoms with Crippen LogP contribution in [0.25, 0.3) is 0 Å². The van der Waals surface area contributed by atoms with Crippen LogP contribution in [-0.4, -0.2) is 14.2 Å². The van der Waals surface area contributed by atoms with Crippen LogP contribution < -0.4 is 0 Å². The molecule has 0 aliphatic heterocycles. The average molecular weight is 176 g/mol. The van der Waals surface area contributed by atoms with Crippen LogP contribution in [0.3, 0.4) is 0 Å². The van der Waals surface area contributed by atoms with Crippen molar-refractivity contribution in [1.29, 1.82) is 0 Å². The van der Waals surface area contributed by atoms with E-state index in [4.69, 9.17) is 0 Å². The first-order valence-corrected chi connectivity index (χ1v) is 7.19. The smallest absolute Gasteiger partial charge is 0.240 e. The van der Waals surface area contributed by atoms with Crippen LogP contribution in [0, 0.1) is 0 Å². The molecular weight excluding hydrogens is 159 g/mol. The molecule has 0 unspecified atom stereocenters. The molecule has 0 N–H and O–H groups in total. The fourth-order valence-electron chi connectivity index (χ4n) is 0.919. The Kier molecular flexibility index (Phi) is 4.57. The normalized spacial score (nSPS) is 11.6. The van der Waals surface area contributed by atoms with Crippen LogP contribution in [0.2, 0.25) is 19.1 Å². The number of rotatable bonds is 5. The lowest BCUT2D eigenvalue weighted by Crippen LogP contribution is -2.16. The van der Waals surface area contributed by atoms with E-state index >= 15 is 0 Å². The van der Waals surface area contributed by atoms with E-state index in [2.05, 4.69) is 0 Å². The average Bonchev–Trinajstić information content (AvgIpc) is 1.78. The number of hydrogen-bond acceptors (Lipinski definition) is 1. The largest absolute Gasteiger partial charge is 0.314 e. The molecular formula is C8H17FOSi. The molecule has 0 atom stereocenters. The minimum Gasteiger partial charge on any atom is -0.314 e. The Morgan fingerprint density at radius 3 is 2.27 bits per heavy atom. The Balaban J connectivity index is 3.22. The van der Waals surface area contributed by atoms with Crippen LogP contribution in [0.4, 0.5) is 4.11 Å². The molecule has 0 saturated heterocycles. The SMILES string of the molecule is CC(=O)CCCC[Si](C)(C)F. The second-order valence-electron chi connectivity index (χ2n) is 3.63. The number of carbonyl (C=O) groups excluding carboxylic acids is 1. The van der Waals surface area contributed by atoms with Gasteiger partial charge in [-0.25, -0.2) is 0 Å². The highest BCUT2D eigenvalue weighted by atomic mass is 28.4. The summed E-state index contributed by atoms with van der Waals surface area (Å²) in [5.74, 6) is 0.211. The second kappa shape index (κ2) is 4.65. The van der Waals surface area contributed by atoms with Gasteiger partial charge in [0.25, 0.3) is 0 Å². The molecule has 0 aromatic carbocycles. The highest BCUT2D eigenvalue weighted by Crippen LogP contribution is 2.15. The predicted molar refractivity (Wildman–Crippen MR) is 47.9 cm³/mol. The lowest BCUT2D eigenvalue weighted by Gasteiger charge is -2.08. The Bertz CT molecular complexity index is 129. The summed E-state index contributed by atoms with van der Waals surface area (Å²) in [6.07, 6.45) is 2.34. The molecule has 3 heteroatoms. The van der Waals surface area contributed by atoms with Gasteiger partial charge in [-0.05, 0) is 32.5 Å². The van der Waals surface area contributed by atoms with E-state index in [-0.39, 0.29) is 5.78 Å². The molecule has 66 valence electrons. The highest BCUT2D eigenvalue weighted by molar-refractivity contribution is 6.70. The number of hydrogen-bond donors (Lipinski definition) is 0. The van der Waals surface area contributed by atoms with Gasteiger partial charge in [0, 0.05) is 6.42 Å². The summed E-state index contributed by atoms with van der Waals surface area (Å²) in [4.78, 5) is 10.5. The van der Waals surface area contributed by atoms with E-state index in [1.165, 1.54) is 0 Å². The molecule has 0 aliphatic rings. The molecule has 0 radical (unpaired) electrons. The number of unbranched alkanes of at least 4 members (excludes halogenated alkanes) is 1. The Hall–Kier alpha value is -0.183. The van der Waals surface area contributed by atoms with E-state index in [0.717, 1.165) is 12.8 Å². The summed E-state index contributed by atoms with van der Waals surface area (Å²) < 4.78 is 13.0. The summed E-state index contributed by atoms with van der Waals surface area (Å²) >= 11 is 0. The van der Waals surface area contributed by atoms with Crippen LogP contribution in [0.1, 0.15) is 26.2 Å². The first-order valence-electron chi connectivity index (χ1n) is 4.10. The Morgan fingerprint density at radius 2 is 1.91 bits per heavy atom. The van der Waals surface area contributed by atoms with Crippen molar-refractivity contribution in [2.24, 2.45) is 0 Å². The van der Waals surface area contributed by atoms with Gasteiger partial charge in [0.05, 0.1) is 0 Å². The van der Waals surface area contributed by atoms with Crippen molar-refractivity contribution < 1.29 is 8.90 Å². The first kappa shape index (κ1) is 10.8. The van der Waals surface area contributed by atoms with Gasteiger partial charge in [0.15, 0.2) is 0 Å². The molecule has 1 nitrogen and oxygen atoms in total. The minimum absolute atomic E-state index is 0.211. The number of ketones is 1. The molecule has 11 heavy (non-hydrogen) atoms. The van der Waals surface area contributed by atoms with Gasteiger partial charge in [-0.2, -0.15) is 0 Å². The Morgan fingerprint density at radius 1 is 1.36 bits per heavy atom. The van der Waals surface area contributed by atoms with Crippen LogP contribution in [-0.2, 0) is 4.79 Å². The van der Waals surface area contributed by atoms with Gasteiger partial charge >= 0.3 is 0 Å². The molecule has 0 amide bonds. The fourth-order valence-corrected chi connectivity index (χ4v) is 2.01. The highest BCUT2D eigenvalue weighted by Gasteiger charge is 2.18. The summed E-state index contributed by atoms with van der Waals surface area (Å²) in [6, 6.07) is 0.695. The van der Waals surface area contributed by atoms with Crippen molar-refractivity contribution in [2.75, 3.05) is 0 Å². The molecule has 0 fully saturated rings. The van der Waals surface area contributed by atoms with E-state index in [9.17, 15) is 8.90 Å². The van der Waals surface area contributed by atoms with Gasteiger partial charge in [0.2, 0.25) is 8.41 Å². The van der Waals surface area contributed by atoms with E-state index < -0.39 is 8.41 Å². The summed E-state index contributed by atoms with van der Waals surface area (Å²) in [6.45, 7) is 5.00. The zero-order valence-corrected chi connectivity index (χ0v) is 8.61. The zero-order chi connectivity index (χ0) is 8.91. The third kappa shape index (κ3) is 9.82. The number of Topliss-reactive ketones (excluding diaryl/α,β-unsaturated/α-hetero) is 1. The van der Waals surface area contributed by atoms with E-state index in [1.54, 1.807) is 20.0 Å². The minimum atomic E-state index is -2.34. The summed E-state index contributed by atoms with van der Waals surface area (Å²) in [5, 5.41) is 0. The summed E-state index contributed by atoms with van der Waals surface area (Å²) in [5.41, 5.74) is 0. The van der Waals surface area contributed by atoms with Gasteiger partial charge in [-0.3, -0.25) is 0 Å². The van der Waals surface area contributed by atoms with Gasteiger partial charge in [0.1, 0.15) is 5.78 Å². The maximum atomic E-state index is 13.0. The van der Waals surface area contributed by atoms with Crippen molar-refractivity contribution in [1.82, 2.24) is 0 Å². The van der Waals surface area contributed by atoms with Crippen molar-refractivity contribution in [3.63, 3.8) is 0 Å². The third-order valence-electron chi connectivity index (χ3n) is 1.55. The van der Waals surface area contributed by atoms with E-state index in [1.807, 2.05) is 0 Å². The molecule has 0 aromatic heterocycles. The zero-order valence-electron chi connectivity index (χ0n) is 7.61. The molecule has 0 bridgehead atoms. The van der Waals surface area contributed by atoms with Crippen molar-refractivity contribution in [2.45, 2.75) is 45.3 Å². The Labute approximate surface area is 69.2 Å². The lowest BCUT2D eigenvalue weighted by molar-refractivity contribution is -0.117. The van der Waals surface area contributed by atoms with Crippen LogP contribution >= 0.6 is 0 Å². The van der Waals surface area contributed by atoms with Crippen LogP contribution in [0.15, 0.2) is 0 Å². The van der Waals surface area contributed by atoms with Crippen molar-refractivity contribution in [3.05, 3.63) is 0 Å². The van der Waals surface area contributed by atoms with Gasteiger partial charge in [-0.1, -0.05) is 6.42 Å². The molecule has 0 aliphatic carbocycles. The quantitative estimate of drug-likeness (QED) is 0.357.